The zero-order chi connectivity index (χ0) is 17.3. The molecule has 1 aromatic carbocycles. The summed E-state index contributed by atoms with van der Waals surface area (Å²) in [5.41, 5.74) is 0.996. The first kappa shape index (κ1) is 17.6. The molecule has 1 saturated heterocycles. The second-order valence-corrected chi connectivity index (χ2v) is 8.92. The Balaban J connectivity index is 2.22. The number of carbonyl (C=O) groups excluding carboxylic acids is 1. The molecule has 0 aliphatic carbocycles. The van der Waals surface area contributed by atoms with Crippen molar-refractivity contribution in [3.8, 4) is 5.75 Å². The average Bonchev–Trinajstić information content (AvgIpc) is 2.76. The van der Waals surface area contributed by atoms with Crippen LogP contribution in [0.5, 0.6) is 5.75 Å². The molecule has 0 bridgehead atoms. The number of hydrogen-bond donors (Lipinski definition) is 1. The van der Waals surface area contributed by atoms with Crippen LogP contribution in [-0.4, -0.2) is 33.7 Å². The van der Waals surface area contributed by atoms with Crippen molar-refractivity contribution in [1.29, 1.82) is 0 Å². The highest BCUT2D eigenvalue weighted by Crippen LogP contribution is 2.33. The minimum Gasteiger partial charge on any atom is -0.494 e. The third-order valence-electron chi connectivity index (χ3n) is 3.54. The second kappa shape index (κ2) is 6.39. The molecule has 1 aliphatic heterocycles. The lowest BCUT2D eigenvalue weighted by molar-refractivity contribution is -0.117. The molecule has 1 amide bonds. The Labute approximate surface area is 137 Å². The molecule has 0 spiro atoms. The van der Waals surface area contributed by atoms with Crippen molar-refractivity contribution in [1.82, 2.24) is 0 Å². The number of benzene rings is 1. The number of hydrogen-bond acceptors (Lipinski definition) is 4. The van der Waals surface area contributed by atoms with Gasteiger partial charge in [0, 0.05) is 19.0 Å². The summed E-state index contributed by atoms with van der Waals surface area (Å²) >= 11 is 0. The van der Waals surface area contributed by atoms with Crippen molar-refractivity contribution in [2.75, 3.05) is 29.0 Å². The Kier molecular flexibility index (Phi) is 4.89. The quantitative estimate of drug-likeness (QED) is 0.914. The topological polar surface area (TPSA) is 75.7 Å². The van der Waals surface area contributed by atoms with Crippen molar-refractivity contribution in [3.05, 3.63) is 18.2 Å². The van der Waals surface area contributed by atoms with Crippen molar-refractivity contribution in [2.24, 2.45) is 5.41 Å². The van der Waals surface area contributed by atoms with Gasteiger partial charge in [0.2, 0.25) is 15.9 Å². The summed E-state index contributed by atoms with van der Waals surface area (Å²) in [5, 5.41) is 2.82. The molecule has 0 saturated carbocycles. The highest BCUT2D eigenvalue weighted by Gasteiger charge is 2.29. The summed E-state index contributed by atoms with van der Waals surface area (Å²) < 4.78 is 30.7. The van der Waals surface area contributed by atoms with Crippen LogP contribution in [0.3, 0.4) is 0 Å². The van der Waals surface area contributed by atoms with Gasteiger partial charge >= 0.3 is 0 Å². The maximum Gasteiger partial charge on any atom is 0.235 e. The maximum absolute atomic E-state index is 12.1. The van der Waals surface area contributed by atoms with Crippen molar-refractivity contribution in [2.45, 2.75) is 33.6 Å². The van der Waals surface area contributed by atoms with Crippen LogP contribution in [0, 0.1) is 5.41 Å². The number of sulfonamides is 1. The molecule has 0 atom stereocenters. The van der Waals surface area contributed by atoms with Crippen LogP contribution in [0.2, 0.25) is 0 Å². The molecule has 1 heterocycles. The maximum atomic E-state index is 12.1. The Hall–Kier alpha value is -1.76. The van der Waals surface area contributed by atoms with E-state index in [1.807, 2.05) is 20.8 Å². The van der Waals surface area contributed by atoms with Gasteiger partial charge in [0.25, 0.3) is 0 Å². The summed E-state index contributed by atoms with van der Waals surface area (Å²) in [4.78, 5) is 12.1. The van der Waals surface area contributed by atoms with Gasteiger partial charge in [-0.25, -0.2) is 8.42 Å². The second-order valence-electron chi connectivity index (χ2n) is 6.91. The number of methoxy groups -OCH3 is 1. The number of anilines is 2. The molecule has 0 unspecified atom stereocenters. The van der Waals surface area contributed by atoms with E-state index >= 15 is 0 Å². The molecule has 1 fully saturated rings. The molecule has 0 aromatic heterocycles. The largest absolute Gasteiger partial charge is 0.494 e. The summed E-state index contributed by atoms with van der Waals surface area (Å²) in [6, 6.07) is 5.02. The molecule has 128 valence electrons. The van der Waals surface area contributed by atoms with Crippen LogP contribution in [0.1, 0.15) is 33.6 Å². The Morgan fingerprint density at radius 3 is 2.57 bits per heavy atom. The van der Waals surface area contributed by atoms with Crippen LogP contribution < -0.4 is 14.4 Å². The summed E-state index contributed by atoms with van der Waals surface area (Å²) in [6.07, 6.45) is 1.01. The first-order chi connectivity index (χ1) is 10.6. The van der Waals surface area contributed by atoms with Gasteiger partial charge in [-0.3, -0.25) is 9.10 Å². The van der Waals surface area contributed by atoms with Gasteiger partial charge in [-0.15, -0.1) is 0 Å². The number of amides is 1. The molecule has 1 aromatic rings. The number of nitrogens with zero attached hydrogens (tertiary/aromatic N) is 1. The molecule has 1 aliphatic rings. The first-order valence-electron chi connectivity index (χ1n) is 7.61. The third-order valence-corrected chi connectivity index (χ3v) is 5.41. The molecular weight excluding hydrogens is 316 g/mol. The minimum atomic E-state index is -3.23. The standard InChI is InChI=1S/C16H24N2O4S/c1-16(2,3)11-15(19)17-13-7-6-12(10-14(13)22-4)18-8-5-9-23(18,20)21/h6-7,10H,5,8-9,11H2,1-4H3,(H,17,19). The lowest BCUT2D eigenvalue weighted by atomic mass is 9.92. The number of rotatable bonds is 4. The van der Waals surface area contributed by atoms with Gasteiger partial charge in [0.15, 0.2) is 0 Å². The first-order valence-corrected chi connectivity index (χ1v) is 9.22. The van der Waals surface area contributed by atoms with E-state index in [2.05, 4.69) is 5.32 Å². The molecule has 1 N–H and O–H groups in total. The Morgan fingerprint density at radius 1 is 1.35 bits per heavy atom. The van der Waals surface area contributed by atoms with E-state index in [0.29, 0.717) is 36.5 Å². The number of ether oxygens (including phenoxy) is 1. The van der Waals surface area contributed by atoms with Gasteiger partial charge in [0.05, 0.1) is 24.2 Å². The third kappa shape index (κ3) is 4.37. The van der Waals surface area contributed by atoms with Crippen LogP contribution in [0.25, 0.3) is 0 Å². The van der Waals surface area contributed by atoms with Gasteiger partial charge < -0.3 is 10.1 Å². The molecular formula is C16H24N2O4S. The molecule has 7 heteroatoms. The SMILES string of the molecule is COc1cc(N2CCCS2(=O)=O)ccc1NC(=O)CC(C)(C)C. The average molecular weight is 340 g/mol. The Morgan fingerprint density at radius 2 is 2.04 bits per heavy atom. The van der Waals surface area contributed by atoms with E-state index in [1.165, 1.54) is 11.4 Å². The monoisotopic (exact) mass is 340 g/mol. The number of carbonyl (C=O) groups is 1. The van der Waals surface area contributed by atoms with Crippen molar-refractivity contribution < 1.29 is 17.9 Å². The summed E-state index contributed by atoms with van der Waals surface area (Å²) in [7, 11) is -1.74. The Bertz CT molecular complexity index is 693. The smallest absolute Gasteiger partial charge is 0.235 e. The lowest BCUT2D eigenvalue weighted by Gasteiger charge is -2.20. The predicted octanol–water partition coefficient (Wildman–Crippen LogP) is 2.61. The number of nitrogens with one attached hydrogen (secondary N) is 1. The summed E-state index contributed by atoms with van der Waals surface area (Å²) in [6.45, 7) is 6.45. The van der Waals surface area contributed by atoms with E-state index in [0.717, 1.165) is 0 Å². The van der Waals surface area contributed by atoms with E-state index in [9.17, 15) is 13.2 Å². The van der Waals surface area contributed by atoms with Gasteiger partial charge in [-0.1, -0.05) is 20.8 Å². The highest BCUT2D eigenvalue weighted by atomic mass is 32.2. The van der Waals surface area contributed by atoms with Gasteiger partial charge in [0.1, 0.15) is 5.75 Å². The normalized spacial score (nSPS) is 17.1. The van der Waals surface area contributed by atoms with E-state index < -0.39 is 10.0 Å². The fourth-order valence-electron chi connectivity index (χ4n) is 2.54. The van der Waals surface area contributed by atoms with Crippen LogP contribution in [-0.2, 0) is 14.8 Å². The van der Waals surface area contributed by atoms with Gasteiger partial charge in [-0.2, -0.15) is 0 Å². The predicted molar refractivity (Wildman–Crippen MR) is 91.4 cm³/mol. The van der Waals surface area contributed by atoms with Crippen molar-refractivity contribution in [3.63, 3.8) is 0 Å². The fraction of sp³-hybridized carbons (Fsp3) is 0.562. The highest BCUT2D eigenvalue weighted by molar-refractivity contribution is 7.93. The van der Waals surface area contributed by atoms with Gasteiger partial charge in [-0.05, 0) is 24.0 Å². The molecule has 0 radical (unpaired) electrons. The van der Waals surface area contributed by atoms with Crippen LogP contribution in [0.4, 0.5) is 11.4 Å². The van der Waals surface area contributed by atoms with Crippen molar-refractivity contribution >= 4 is 27.3 Å². The van der Waals surface area contributed by atoms with Crippen LogP contribution >= 0.6 is 0 Å². The molecule has 2 rings (SSSR count). The zero-order valence-corrected chi connectivity index (χ0v) is 14.9. The van der Waals surface area contributed by atoms with E-state index in [-0.39, 0.29) is 17.1 Å². The van der Waals surface area contributed by atoms with Crippen LogP contribution in [0.15, 0.2) is 18.2 Å². The van der Waals surface area contributed by atoms with E-state index in [1.54, 1.807) is 18.2 Å². The molecule has 6 nitrogen and oxygen atoms in total. The minimum absolute atomic E-state index is 0.0997. The lowest BCUT2D eigenvalue weighted by Crippen LogP contribution is -2.25. The summed E-state index contributed by atoms with van der Waals surface area (Å²) in [5.74, 6) is 0.517. The fourth-order valence-corrected chi connectivity index (χ4v) is 4.10. The molecule has 23 heavy (non-hydrogen) atoms. The zero-order valence-electron chi connectivity index (χ0n) is 14.0. The van der Waals surface area contributed by atoms with E-state index in [4.69, 9.17) is 4.74 Å².